The Kier molecular flexibility index (Phi) is 5.23. The zero-order valence-corrected chi connectivity index (χ0v) is 13.3. The molecule has 0 saturated carbocycles. The zero-order valence-electron chi connectivity index (χ0n) is 13.3. The van der Waals surface area contributed by atoms with E-state index < -0.39 is 6.10 Å². The summed E-state index contributed by atoms with van der Waals surface area (Å²) < 4.78 is 2.17. The van der Waals surface area contributed by atoms with E-state index in [4.69, 9.17) is 5.73 Å². The number of imidazole rings is 1. The molecule has 21 heavy (non-hydrogen) atoms. The van der Waals surface area contributed by atoms with Crippen LogP contribution in [0, 0.1) is 0 Å². The molecule has 0 spiro atoms. The summed E-state index contributed by atoms with van der Waals surface area (Å²) >= 11 is 0. The Morgan fingerprint density at radius 3 is 2.67 bits per heavy atom. The summed E-state index contributed by atoms with van der Waals surface area (Å²) in [6.07, 6.45) is 5.55. The molecule has 0 aliphatic heterocycles. The average molecular weight is 289 g/mol. The number of benzene rings is 1. The molecule has 0 amide bonds. The number of rotatable bonds is 7. The number of fused-ring (bicyclic) bond motifs is 1. The first-order valence-corrected chi connectivity index (χ1v) is 8.00. The van der Waals surface area contributed by atoms with Gasteiger partial charge in [0.15, 0.2) is 0 Å². The second-order valence-corrected chi connectivity index (χ2v) is 5.96. The maximum Gasteiger partial charge on any atom is 0.138 e. The van der Waals surface area contributed by atoms with Crippen LogP contribution in [0.25, 0.3) is 11.0 Å². The van der Waals surface area contributed by atoms with Crippen molar-refractivity contribution in [2.24, 2.45) is 0 Å². The van der Waals surface area contributed by atoms with Crippen LogP contribution in [0.5, 0.6) is 0 Å². The van der Waals surface area contributed by atoms with E-state index in [9.17, 15) is 5.11 Å². The van der Waals surface area contributed by atoms with Gasteiger partial charge < -0.3 is 15.4 Å². The van der Waals surface area contributed by atoms with Crippen LogP contribution < -0.4 is 5.73 Å². The fraction of sp³-hybridized carbons (Fsp3) is 0.588. The van der Waals surface area contributed by atoms with Crippen molar-refractivity contribution in [3.63, 3.8) is 0 Å². The lowest BCUT2D eigenvalue weighted by atomic mass is 10.1. The van der Waals surface area contributed by atoms with Gasteiger partial charge in [0, 0.05) is 11.7 Å². The SMILES string of the molecule is CCCCCCC(C)n1c(C(C)O)nc2cc(N)ccc21. The van der Waals surface area contributed by atoms with Gasteiger partial charge in [-0.3, -0.25) is 0 Å². The number of nitrogens with two attached hydrogens (primary N) is 1. The number of anilines is 1. The Morgan fingerprint density at radius 1 is 1.24 bits per heavy atom. The van der Waals surface area contributed by atoms with Gasteiger partial charge in [0.05, 0.1) is 11.0 Å². The predicted molar refractivity (Wildman–Crippen MR) is 88.2 cm³/mol. The van der Waals surface area contributed by atoms with Crippen LogP contribution in [0.4, 0.5) is 5.69 Å². The summed E-state index contributed by atoms with van der Waals surface area (Å²) in [5, 5.41) is 10.0. The van der Waals surface area contributed by atoms with E-state index in [1.165, 1.54) is 25.7 Å². The number of aliphatic hydroxyl groups is 1. The molecule has 0 aliphatic rings. The van der Waals surface area contributed by atoms with Gasteiger partial charge in [0.1, 0.15) is 11.9 Å². The molecule has 0 saturated heterocycles. The minimum atomic E-state index is -0.572. The van der Waals surface area contributed by atoms with E-state index in [1.54, 1.807) is 6.92 Å². The average Bonchev–Trinajstić information content (AvgIpc) is 2.82. The summed E-state index contributed by atoms with van der Waals surface area (Å²) in [5.41, 5.74) is 8.47. The highest BCUT2D eigenvalue weighted by atomic mass is 16.3. The summed E-state index contributed by atoms with van der Waals surface area (Å²) in [4.78, 5) is 4.57. The molecule has 4 nitrogen and oxygen atoms in total. The number of unbranched alkanes of at least 4 members (excludes halogenated alkanes) is 3. The molecule has 116 valence electrons. The zero-order chi connectivity index (χ0) is 15.4. The van der Waals surface area contributed by atoms with E-state index in [2.05, 4.69) is 23.4 Å². The molecular formula is C17H27N3O. The molecule has 0 radical (unpaired) electrons. The van der Waals surface area contributed by atoms with Crippen LogP contribution in [0.3, 0.4) is 0 Å². The van der Waals surface area contributed by atoms with Crippen molar-refractivity contribution in [3.05, 3.63) is 24.0 Å². The van der Waals surface area contributed by atoms with Crippen molar-refractivity contribution < 1.29 is 5.11 Å². The number of aromatic nitrogens is 2. The lowest BCUT2D eigenvalue weighted by molar-refractivity contribution is 0.181. The van der Waals surface area contributed by atoms with E-state index >= 15 is 0 Å². The number of nitrogen functional groups attached to an aromatic ring is 1. The van der Waals surface area contributed by atoms with Gasteiger partial charge in [-0.1, -0.05) is 32.6 Å². The monoisotopic (exact) mass is 289 g/mol. The second-order valence-electron chi connectivity index (χ2n) is 5.96. The third-order valence-electron chi connectivity index (χ3n) is 4.03. The smallest absolute Gasteiger partial charge is 0.138 e. The normalized spacial score (nSPS) is 14.5. The molecule has 1 aromatic heterocycles. The van der Waals surface area contributed by atoms with E-state index in [1.807, 2.05) is 18.2 Å². The van der Waals surface area contributed by atoms with Crippen molar-refractivity contribution in [2.75, 3.05) is 5.73 Å². The summed E-state index contributed by atoms with van der Waals surface area (Å²) in [5.74, 6) is 0.735. The van der Waals surface area contributed by atoms with Gasteiger partial charge >= 0.3 is 0 Å². The first-order chi connectivity index (χ1) is 10.0. The van der Waals surface area contributed by atoms with Crippen molar-refractivity contribution in [1.29, 1.82) is 0 Å². The minimum Gasteiger partial charge on any atom is -0.399 e. The lowest BCUT2D eigenvalue weighted by Crippen LogP contribution is -2.11. The molecule has 1 aromatic carbocycles. The van der Waals surface area contributed by atoms with Crippen LogP contribution in [0.15, 0.2) is 18.2 Å². The van der Waals surface area contributed by atoms with Crippen LogP contribution in [-0.2, 0) is 0 Å². The van der Waals surface area contributed by atoms with Crippen molar-refractivity contribution in [1.82, 2.24) is 9.55 Å². The molecule has 2 rings (SSSR count). The Labute approximate surface area is 127 Å². The van der Waals surface area contributed by atoms with Gasteiger partial charge in [-0.2, -0.15) is 0 Å². The summed E-state index contributed by atoms with van der Waals surface area (Å²) in [6.45, 7) is 6.20. The number of hydrogen-bond acceptors (Lipinski definition) is 3. The highest BCUT2D eigenvalue weighted by Crippen LogP contribution is 2.28. The molecule has 2 aromatic rings. The molecule has 4 heteroatoms. The van der Waals surface area contributed by atoms with Gasteiger partial charge in [-0.05, 0) is 38.5 Å². The fourth-order valence-corrected chi connectivity index (χ4v) is 2.89. The van der Waals surface area contributed by atoms with Gasteiger partial charge in [-0.25, -0.2) is 4.98 Å². The topological polar surface area (TPSA) is 64.1 Å². The Morgan fingerprint density at radius 2 is 2.00 bits per heavy atom. The van der Waals surface area contributed by atoms with Crippen molar-refractivity contribution in [3.8, 4) is 0 Å². The highest BCUT2D eigenvalue weighted by molar-refractivity contribution is 5.79. The largest absolute Gasteiger partial charge is 0.399 e. The van der Waals surface area contributed by atoms with Crippen LogP contribution in [0.1, 0.15) is 70.8 Å². The fourth-order valence-electron chi connectivity index (χ4n) is 2.89. The number of aliphatic hydroxyl groups excluding tert-OH is 1. The van der Waals surface area contributed by atoms with Crippen LogP contribution in [0.2, 0.25) is 0 Å². The predicted octanol–water partition coefficient (Wildman–Crippen LogP) is 4.20. The second kappa shape index (κ2) is 6.94. The standard InChI is InChI=1S/C17H27N3O/c1-4-5-6-7-8-12(2)20-16-10-9-14(18)11-15(16)19-17(20)13(3)21/h9-13,21H,4-8,18H2,1-3H3. The third kappa shape index (κ3) is 3.56. The number of hydrogen-bond donors (Lipinski definition) is 2. The maximum atomic E-state index is 10.0. The molecule has 0 fully saturated rings. The quantitative estimate of drug-likeness (QED) is 0.593. The first-order valence-electron chi connectivity index (χ1n) is 8.00. The first kappa shape index (κ1) is 15.8. The Balaban J connectivity index is 2.29. The van der Waals surface area contributed by atoms with E-state index in [-0.39, 0.29) is 0 Å². The van der Waals surface area contributed by atoms with Gasteiger partial charge in [0.2, 0.25) is 0 Å². The third-order valence-corrected chi connectivity index (χ3v) is 4.03. The number of nitrogens with zero attached hydrogens (tertiary/aromatic N) is 2. The molecule has 1 heterocycles. The Bertz CT molecular complexity index is 589. The van der Waals surface area contributed by atoms with E-state index in [0.717, 1.165) is 23.3 Å². The molecule has 0 aliphatic carbocycles. The van der Waals surface area contributed by atoms with Crippen LogP contribution >= 0.6 is 0 Å². The molecule has 3 N–H and O–H groups in total. The summed E-state index contributed by atoms with van der Waals surface area (Å²) in [7, 11) is 0. The van der Waals surface area contributed by atoms with Gasteiger partial charge in [-0.15, -0.1) is 0 Å². The lowest BCUT2D eigenvalue weighted by Gasteiger charge is -2.19. The van der Waals surface area contributed by atoms with E-state index in [0.29, 0.717) is 11.7 Å². The minimum absolute atomic E-state index is 0.333. The Hall–Kier alpha value is -1.55. The molecule has 2 unspecified atom stereocenters. The van der Waals surface area contributed by atoms with Crippen molar-refractivity contribution in [2.45, 2.75) is 65.0 Å². The highest BCUT2D eigenvalue weighted by Gasteiger charge is 2.18. The van der Waals surface area contributed by atoms with Crippen molar-refractivity contribution >= 4 is 16.7 Å². The summed E-state index contributed by atoms with van der Waals surface area (Å²) in [6, 6.07) is 6.11. The molecule has 2 atom stereocenters. The molecular weight excluding hydrogens is 262 g/mol. The molecule has 0 bridgehead atoms. The maximum absolute atomic E-state index is 10.0. The van der Waals surface area contributed by atoms with Gasteiger partial charge in [0.25, 0.3) is 0 Å². The van der Waals surface area contributed by atoms with Crippen LogP contribution in [-0.4, -0.2) is 14.7 Å².